The average molecular weight is 432 g/mol. The lowest BCUT2D eigenvalue weighted by Gasteiger charge is -2.08. The van der Waals surface area contributed by atoms with Crippen LogP contribution in [0.25, 0.3) is 0 Å². The van der Waals surface area contributed by atoms with Crippen LogP contribution >= 0.6 is 23.2 Å². The number of aromatic nitrogens is 2. The van der Waals surface area contributed by atoms with Gasteiger partial charge in [0.1, 0.15) is 16.8 Å². The predicted molar refractivity (Wildman–Crippen MR) is 105 cm³/mol. The molecule has 0 radical (unpaired) electrons. The molecule has 1 amide bonds. The SMILES string of the molecule is N#Cc1cc([N+](=O)[O-])ccc1NC(=O)c1ccn(COc2cccc(Cl)c2Cl)n1. The fourth-order valence-electron chi connectivity index (χ4n) is 2.32. The Kier molecular flexibility index (Phi) is 5.97. The number of nitrogens with one attached hydrogen (secondary N) is 1. The summed E-state index contributed by atoms with van der Waals surface area (Å²) in [6.45, 7) is -0.0195. The Labute approximate surface area is 174 Å². The van der Waals surface area contributed by atoms with E-state index in [-0.39, 0.29) is 34.4 Å². The zero-order valence-electron chi connectivity index (χ0n) is 14.5. The largest absolute Gasteiger partial charge is 0.470 e. The third kappa shape index (κ3) is 4.63. The number of carbonyl (C=O) groups is 1. The molecule has 0 bridgehead atoms. The van der Waals surface area contributed by atoms with Gasteiger partial charge in [0.15, 0.2) is 12.4 Å². The lowest BCUT2D eigenvalue weighted by Crippen LogP contribution is -2.15. The van der Waals surface area contributed by atoms with E-state index in [1.165, 1.54) is 29.1 Å². The molecule has 11 heteroatoms. The molecule has 1 heterocycles. The van der Waals surface area contributed by atoms with Gasteiger partial charge in [-0.1, -0.05) is 29.3 Å². The van der Waals surface area contributed by atoms with Crippen LogP contribution in [0.2, 0.25) is 10.0 Å². The average Bonchev–Trinajstić information content (AvgIpc) is 3.18. The molecule has 0 atom stereocenters. The van der Waals surface area contributed by atoms with Crippen molar-refractivity contribution in [3.63, 3.8) is 0 Å². The third-order valence-electron chi connectivity index (χ3n) is 3.72. The second-order valence-electron chi connectivity index (χ2n) is 5.62. The van der Waals surface area contributed by atoms with Gasteiger partial charge in [-0.15, -0.1) is 0 Å². The third-order valence-corrected chi connectivity index (χ3v) is 4.53. The maximum Gasteiger partial charge on any atom is 0.276 e. The van der Waals surface area contributed by atoms with Gasteiger partial charge in [-0.05, 0) is 24.3 Å². The van der Waals surface area contributed by atoms with Gasteiger partial charge in [-0.25, -0.2) is 4.68 Å². The molecule has 0 saturated carbocycles. The highest BCUT2D eigenvalue weighted by Crippen LogP contribution is 2.31. The van der Waals surface area contributed by atoms with Crippen molar-refractivity contribution < 1.29 is 14.5 Å². The van der Waals surface area contributed by atoms with Crippen molar-refractivity contribution in [1.29, 1.82) is 5.26 Å². The Balaban J connectivity index is 1.69. The number of amides is 1. The fraction of sp³-hybridized carbons (Fsp3) is 0.0556. The Bertz CT molecular complexity index is 1140. The molecule has 2 aromatic carbocycles. The smallest absolute Gasteiger partial charge is 0.276 e. The van der Waals surface area contributed by atoms with E-state index in [4.69, 9.17) is 33.2 Å². The minimum absolute atomic E-state index is 0.0195. The first-order valence-corrected chi connectivity index (χ1v) is 8.75. The van der Waals surface area contributed by atoms with Crippen LogP contribution in [0.1, 0.15) is 16.1 Å². The number of benzene rings is 2. The number of nitrogens with zero attached hydrogens (tertiary/aromatic N) is 4. The summed E-state index contributed by atoms with van der Waals surface area (Å²) in [5.74, 6) is -0.222. The van der Waals surface area contributed by atoms with Crippen molar-refractivity contribution in [2.75, 3.05) is 5.32 Å². The molecule has 0 aliphatic heterocycles. The van der Waals surface area contributed by atoms with Gasteiger partial charge in [-0.2, -0.15) is 10.4 Å². The van der Waals surface area contributed by atoms with Crippen LogP contribution in [-0.4, -0.2) is 20.6 Å². The zero-order chi connectivity index (χ0) is 21.0. The monoisotopic (exact) mass is 431 g/mol. The number of rotatable bonds is 6. The van der Waals surface area contributed by atoms with Gasteiger partial charge in [0.25, 0.3) is 11.6 Å². The highest BCUT2D eigenvalue weighted by atomic mass is 35.5. The second-order valence-corrected chi connectivity index (χ2v) is 6.40. The summed E-state index contributed by atoms with van der Waals surface area (Å²) in [6.07, 6.45) is 1.52. The molecule has 3 rings (SSSR count). The lowest BCUT2D eigenvalue weighted by molar-refractivity contribution is -0.384. The van der Waals surface area contributed by atoms with Crippen LogP contribution in [0.3, 0.4) is 0 Å². The van der Waals surface area contributed by atoms with Gasteiger partial charge < -0.3 is 10.1 Å². The summed E-state index contributed by atoms with van der Waals surface area (Å²) in [6, 6.07) is 11.8. The molecule has 1 aromatic heterocycles. The number of nitro groups is 1. The molecule has 0 saturated heterocycles. The Morgan fingerprint density at radius 2 is 2.10 bits per heavy atom. The molecule has 1 N–H and O–H groups in total. The van der Waals surface area contributed by atoms with E-state index in [1.807, 2.05) is 6.07 Å². The van der Waals surface area contributed by atoms with Crippen LogP contribution in [-0.2, 0) is 6.73 Å². The number of halogens is 2. The number of carbonyl (C=O) groups excluding carboxylic acids is 1. The molecular weight excluding hydrogens is 421 g/mol. The van der Waals surface area contributed by atoms with Crippen LogP contribution in [0.15, 0.2) is 48.7 Å². The maximum atomic E-state index is 12.4. The highest BCUT2D eigenvalue weighted by Gasteiger charge is 2.15. The number of hydrogen-bond donors (Lipinski definition) is 1. The first kappa shape index (κ1) is 20.1. The first-order chi connectivity index (χ1) is 13.9. The van der Waals surface area contributed by atoms with Crippen molar-refractivity contribution in [1.82, 2.24) is 9.78 Å². The lowest BCUT2D eigenvalue weighted by atomic mass is 10.1. The fourth-order valence-corrected chi connectivity index (χ4v) is 2.67. The summed E-state index contributed by atoms with van der Waals surface area (Å²) in [5.41, 5.74) is -0.0841. The number of ether oxygens (including phenoxy) is 1. The standard InChI is InChI=1S/C18H11Cl2N5O4/c19-13-2-1-3-16(17(13)20)29-10-24-7-6-15(23-24)18(26)22-14-5-4-12(25(27)28)8-11(14)9-21/h1-8H,10H2,(H,22,26). The zero-order valence-corrected chi connectivity index (χ0v) is 16.0. The minimum atomic E-state index is -0.625. The molecule has 0 spiro atoms. The topological polar surface area (TPSA) is 123 Å². The Hall–Kier alpha value is -3.61. The van der Waals surface area contributed by atoms with Crippen LogP contribution in [0, 0.1) is 21.4 Å². The molecule has 146 valence electrons. The first-order valence-electron chi connectivity index (χ1n) is 7.99. The van der Waals surface area contributed by atoms with E-state index < -0.39 is 10.8 Å². The van der Waals surface area contributed by atoms with Crippen molar-refractivity contribution >= 4 is 40.5 Å². The van der Waals surface area contributed by atoms with E-state index in [9.17, 15) is 14.9 Å². The van der Waals surface area contributed by atoms with Crippen molar-refractivity contribution in [3.05, 3.63) is 80.1 Å². The van der Waals surface area contributed by atoms with Gasteiger partial charge in [-0.3, -0.25) is 14.9 Å². The number of hydrogen-bond acceptors (Lipinski definition) is 6. The number of nitriles is 1. The maximum absolute atomic E-state index is 12.4. The number of anilines is 1. The molecule has 3 aromatic rings. The van der Waals surface area contributed by atoms with E-state index in [0.29, 0.717) is 10.8 Å². The van der Waals surface area contributed by atoms with Gasteiger partial charge >= 0.3 is 0 Å². The summed E-state index contributed by atoms with van der Waals surface area (Å²) in [7, 11) is 0. The van der Waals surface area contributed by atoms with Gasteiger partial charge in [0.05, 0.1) is 21.2 Å². The summed E-state index contributed by atoms with van der Waals surface area (Å²) < 4.78 is 6.90. The molecule has 29 heavy (non-hydrogen) atoms. The van der Waals surface area contributed by atoms with Crippen LogP contribution < -0.4 is 10.1 Å². The molecular formula is C18H11Cl2N5O4. The van der Waals surface area contributed by atoms with E-state index in [2.05, 4.69) is 10.4 Å². The minimum Gasteiger partial charge on any atom is -0.470 e. The number of non-ortho nitro benzene ring substituents is 1. The van der Waals surface area contributed by atoms with E-state index in [1.54, 1.807) is 18.2 Å². The summed E-state index contributed by atoms with van der Waals surface area (Å²) in [4.78, 5) is 22.6. The Morgan fingerprint density at radius 3 is 2.83 bits per heavy atom. The summed E-state index contributed by atoms with van der Waals surface area (Å²) >= 11 is 12.0. The number of nitro benzene ring substituents is 1. The second kappa shape index (κ2) is 8.60. The van der Waals surface area contributed by atoms with Gasteiger partial charge in [0.2, 0.25) is 0 Å². The molecule has 0 aliphatic carbocycles. The van der Waals surface area contributed by atoms with E-state index >= 15 is 0 Å². The molecule has 0 unspecified atom stereocenters. The van der Waals surface area contributed by atoms with Crippen LogP contribution in [0.5, 0.6) is 5.75 Å². The normalized spacial score (nSPS) is 10.2. The predicted octanol–water partition coefficient (Wildman–Crippen LogP) is 4.26. The van der Waals surface area contributed by atoms with Gasteiger partial charge in [0, 0.05) is 18.3 Å². The quantitative estimate of drug-likeness (QED) is 0.459. The highest BCUT2D eigenvalue weighted by molar-refractivity contribution is 6.42. The van der Waals surface area contributed by atoms with Crippen molar-refractivity contribution in [2.45, 2.75) is 6.73 Å². The molecule has 0 aliphatic rings. The summed E-state index contributed by atoms with van der Waals surface area (Å²) in [5, 5.41) is 27.2. The Morgan fingerprint density at radius 1 is 1.31 bits per heavy atom. The van der Waals surface area contributed by atoms with E-state index in [0.717, 1.165) is 6.07 Å². The van der Waals surface area contributed by atoms with Crippen molar-refractivity contribution in [2.24, 2.45) is 0 Å². The van der Waals surface area contributed by atoms with Crippen LogP contribution in [0.4, 0.5) is 11.4 Å². The van der Waals surface area contributed by atoms with Crippen molar-refractivity contribution in [3.8, 4) is 11.8 Å². The molecule has 0 fully saturated rings. The molecule has 9 nitrogen and oxygen atoms in total.